The molecule has 0 aliphatic carbocycles. The number of H-pyrrole nitrogens is 1. The number of nitrogen functional groups attached to an aromatic ring is 1. The molecule has 23 heavy (non-hydrogen) atoms. The van der Waals surface area contributed by atoms with E-state index in [4.69, 9.17) is 17.3 Å². The van der Waals surface area contributed by atoms with Crippen molar-refractivity contribution in [3.05, 3.63) is 69.5 Å². The lowest BCUT2D eigenvalue weighted by Crippen LogP contribution is -2.18. The van der Waals surface area contributed by atoms with E-state index in [9.17, 15) is 13.2 Å². The van der Waals surface area contributed by atoms with Gasteiger partial charge in [-0.25, -0.2) is 8.42 Å². The number of benzene rings is 2. The number of rotatable bonds is 3. The second-order valence-corrected chi connectivity index (χ2v) is 7.53. The Balaban J connectivity index is 2.07. The Labute approximate surface area is 137 Å². The van der Waals surface area contributed by atoms with E-state index in [1.807, 2.05) is 0 Å². The zero-order chi connectivity index (χ0) is 16.6. The molecule has 1 heterocycles. The van der Waals surface area contributed by atoms with Gasteiger partial charge in [0, 0.05) is 5.52 Å². The second kappa shape index (κ2) is 5.72. The summed E-state index contributed by atoms with van der Waals surface area (Å²) in [7, 11) is -3.81. The van der Waals surface area contributed by atoms with Crippen molar-refractivity contribution in [2.75, 3.05) is 5.73 Å². The van der Waals surface area contributed by atoms with Crippen molar-refractivity contribution in [3.8, 4) is 0 Å². The Hall–Kier alpha value is -2.31. The van der Waals surface area contributed by atoms with E-state index in [2.05, 4.69) is 4.98 Å². The minimum Gasteiger partial charge on any atom is -0.398 e. The molecule has 7 heteroatoms. The fraction of sp³-hybridized carbons (Fsp3) is 0.0625. The molecular weight excluding hydrogens is 336 g/mol. The fourth-order valence-electron chi connectivity index (χ4n) is 2.34. The summed E-state index contributed by atoms with van der Waals surface area (Å²) in [4.78, 5) is 14.4. The third kappa shape index (κ3) is 3.09. The molecule has 0 unspecified atom stereocenters. The fourth-order valence-corrected chi connectivity index (χ4v) is 3.87. The average molecular weight is 349 g/mol. The summed E-state index contributed by atoms with van der Waals surface area (Å²) in [5, 5.41) is 1.01. The standard InChI is InChI=1S/C16H13ClN2O3S/c17-12-6-5-10(7-13(12)18)9-23(21,22)15-8-11-3-1-2-4-14(11)19-16(15)20/h1-8H,9,18H2,(H,19,20). The van der Waals surface area contributed by atoms with Gasteiger partial charge >= 0.3 is 0 Å². The van der Waals surface area contributed by atoms with Crippen LogP contribution in [0.3, 0.4) is 0 Å². The van der Waals surface area contributed by atoms with Crippen molar-refractivity contribution in [1.82, 2.24) is 4.98 Å². The highest BCUT2D eigenvalue weighted by molar-refractivity contribution is 7.90. The van der Waals surface area contributed by atoms with E-state index in [1.165, 1.54) is 18.2 Å². The van der Waals surface area contributed by atoms with Crippen molar-refractivity contribution in [3.63, 3.8) is 0 Å². The highest BCUT2D eigenvalue weighted by Gasteiger charge is 2.20. The Morgan fingerprint density at radius 2 is 1.83 bits per heavy atom. The number of hydrogen-bond acceptors (Lipinski definition) is 4. The van der Waals surface area contributed by atoms with Gasteiger partial charge in [-0.3, -0.25) is 4.79 Å². The van der Waals surface area contributed by atoms with Crippen LogP contribution in [-0.4, -0.2) is 13.4 Å². The summed E-state index contributed by atoms with van der Waals surface area (Å²) < 4.78 is 25.1. The van der Waals surface area contributed by atoms with Crippen molar-refractivity contribution < 1.29 is 8.42 Å². The second-order valence-electron chi connectivity index (χ2n) is 5.16. The molecule has 1 aromatic heterocycles. The molecule has 0 fully saturated rings. The van der Waals surface area contributed by atoms with Crippen LogP contribution in [-0.2, 0) is 15.6 Å². The average Bonchev–Trinajstić information content (AvgIpc) is 2.50. The van der Waals surface area contributed by atoms with Gasteiger partial charge in [-0.05, 0) is 35.2 Å². The number of pyridine rings is 1. The number of aromatic nitrogens is 1. The highest BCUT2D eigenvalue weighted by atomic mass is 35.5. The molecule has 0 spiro atoms. The number of fused-ring (bicyclic) bond motifs is 1. The normalized spacial score (nSPS) is 11.7. The van der Waals surface area contributed by atoms with Crippen molar-refractivity contribution in [2.24, 2.45) is 0 Å². The van der Waals surface area contributed by atoms with Gasteiger partial charge in [-0.2, -0.15) is 0 Å². The number of anilines is 1. The third-order valence-corrected chi connectivity index (χ3v) is 5.50. The summed E-state index contributed by atoms with van der Waals surface area (Å²) in [5.74, 6) is -0.324. The maximum atomic E-state index is 12.6. The lowest BCUT2D eigenvalue weighted by molar-refractivity contribution is 0.594. The number of halogens is 1. The Bertz CT molecular complexity index is 1060. The smallest absolute Gasteiger partial charge is 0.267 e. The maximum absolute atomic E-state index is 12.6. The predicted molar refractivity (Wildman–Crippen MR) is 91.3 cm³/mol. The SMILES string of the molecule is Nc1cc(CS(=O)(=O)c2cc3ccccc3[nH]c2=O)ccc1Cl. The largest absolute Gasteiger partial charge is 0.398 e. The zero-order valence-electron chi connectivity index (χ0n) is 11.9. The van der Waals surface area contributed by atoms with Crippen molar-refractivity contribution >= 4 is 38.0 Å². The third-order valence-electron chi connectivity index (χ3n) is 3.47. The molecular formula is C16H13ClN2O3S. The quantitative estimate of drug-likeness (QED) is 0.712. The number of nitrogens with one attached hydrogen (secondary N) is 1. The van der Waals surface area contributed by atoms with E-state index >= 15 is 0 Å². The number of hydrogen-bond donors (Lipinski definition) is 2. The van der Waals surface area contributed by atoms with Crippen LogP contribution in [0.4, 0.5) is 5.69 Å². The molecule has 0 amide bonds. The Morgan fingerprint density at radius 3 is 2.57 bits per heavy atom. The molecule has 0 aliphatic heterocycles. The van der Waals surface area contributed by atoms with Gasteiger partial charge < -0.3 is 10.7 Å². The topological polar surface area (TPSA) is 93.0 Å². The lowest BCUT2D eigenvalue weighted by Gasteiger charge is -2.07. The van der Waals surface area contributed by atoms with E-state index in [0.717, 1.165) is 0 Å². The molecule has 0 radical (unpaired) electrons. The van der Waals surface area contributed by atoms with Crippen LogP contribution in [0.2, 0.25) is 5.02 Å². The lowest BCUT2D eigenvalue weighted by atomic mass is 10.2. The van der Waals surface area contributed by atoms with Crippen molar-refractivity contribution in [1.29, 1.82) is 0 Å². The van der Waals surface area contributed by atoms with E-state index in [0.29, 0.717) is 27.2 Å². The summed E-state index contributed by atoms with van der Waals surface area (Å²) in [6.45, 7) is 0. The van der Waals surface area contributed by atoms with Crippen LogP contribution in [0.1, 0.15) is 5.56 Å². The zero-order valence-corrected chi connectivity index (χ0v) is 13.5. The highest BCUT2D eigenvalue weighted by Crippen LogP contribution is 2.23. The Kier molecular flexibility index (Phi) is 3.87. The first-order chi connectivity index (χ1) is 10.9. The molecule has 2 aromatic carbocycles. The predicted octanol–water partition coefficient (Wildman–Crippen LogP) is 2.74. The molecule has 0 saturated carbocycles. The van der Waals surface area contributed by atoms with Crippen molar-refractivity contribution in [2.45, 2.75) is 10.6 Å². The molecule has 0 bridgehead atoms. The minimum absolute atomic E-state index is 0.260. The summed E-state index contributed by atoms with van der Waals surface area (Å²) >= 11 is 5.83. The molecule has 5 nitrogen and oxygen atoms in total. The van der Waals surface area contributed by atoms with Gasteiger partial charge in [-0.1, -0.05) is 35.9 Å². The van der Waals surface area contributed by atoms with E-state index in [1.54, 1.807) is 30.3 Å². The van der Waals surface area contributed by atoms with Gasteiger partial charge in [0.2, 0.25) is 0 Å². The van der Waals surface area contributed by atoms with Crippen LogP contribution in [0.15, 0.2) is 58.2 Å². The monoisotopic (exact) mass is 348 g/mol. The van der Waals surface area contributed by atoms with Crippen LogP contribution in [0.25, 0.3) is 10.9 Å². The number of nitrogens with two attached hydrogens (primary N) is 1. The molecule has 3 rings (SSSR count). The summed E-state index contributed by atoms with van der Waals surface area (Å²) in [5.41, 5.74) is 6.41. The van der Waals surface area contributed by atoms with Gasteiger partial charge in [0.05, 0.1) is 16.5 Å². The van der Waals surface area contributed by atoms with Crippen LogP contribution in [0.5, 0.6) is 0 Å². The van der Waals surface area contributed by atoms with Gasteiger partial charge in [0.25, 0.3) is 5.56 Å². The molecule has 0 atom stereocenters. The van der Waals surface area contributed by atoms with Gasteiger partial charge in [0.15, 0.2) is 9.84 Å². The first kappa shape index (κ1) is 15.6. The Morgan fingerprint density at radius 1 is 1.09 bits per heavy atom. The maximum Gasteiger partial charge on any atom is 0.267 e. The number of sulfone groups is 1. The summed E-state index contributed by atoms with van der Waals surface area (Å²) in [6, 6.07) is 13.0. The van der Waals surface area contributed by atoms with Crippen LogP contribution in [0, 0.1) is 0 Å². The van der Waals surface area contributed by atoms with E-state index < -0.39 is 15.4 Å². The first-order valence-electron chi connectivity index (χ1n) is 6.75. The molecule has 3 aromatic rings. The van der Waals surface area contributed by atoms with Crippen LogP contribution < -0.4 is 11.3 Å². The molecule has 0 aliphatic rings. The minimum atomic E-state index is -3.81. The first-order valence-corrected chi connectivity index (χ1v) is 8.78. The molecule has 0 saturated heterocycles. The molecule has 3 N–H and O–H groups in total. The van der Waals surface area contributed by atoms with Gasteiger partial charge in [0.1, 0.15) is 4.90 Å². The van der Waals surface area contributed by atoms with E-state index in [-0.39, 0.29) is 10.6 Å². The van der Waals surface area contributed by atoms with Gasteiger partial charge in [-0.15, -0.1) is 0 Å². The summed E-state index contributed by atoms with van der Waals surface area (Å²) in [6.07, 6.45) is 0. The number of aromatic amines is 1. The molecule has 118 valence electrons. The van der Waals surface area contributed by atoms with Crippen LogP contribution >= 0.6 is 11.6 Å². The number of para-hydroxylation sites is 1.